The van der Waals surface area contributed by atoms with Crippen LogP contribution in [0.2, 0.25) is 0 Å². The van der Waals surface area contributed by atoms with Gasteiger partial charge in [-0.15, -0.1) is 11.3 Å². The summed E-state index contributed by atoms with van der Waals surface area (Å²) < 4.78 is 10.8. The molecule has 0 aliphatic rings. The summed E-state index contributed by atoms with van der Waals surface area (Å²) in [7, 11) is 1.27. The number of aromatic hydroxyl groups is 1. The highest BCUT2D eigenvalue weighted by molar-refractivity contribution is 9.10. The molecule has 0 aliphatic carbocycles. The molecular weight excluding hydrogens is 522 g/mol. The van der Waals surface area contributed by atoms with Gasteiger partial charge in [-0.05, 0) is 65.7 Å². The molecule has 1 unspecified atom stereocenters. The quantitative estimate of drug-likeness (QED) is 0.261. The highest BCUT2D eigenvalue weighted by Crippen LogP contribution is 2.32. The first-order chi connectivity index (χ1) is 16.0. The van der Waals surface area contributed by atoms with E-state index in [4.69, 9.17) is 4.42 Å². The number of carbonyl (C=O) groups is 2. The van der Waals surface area contributed by atoms with Gasteiger partial charge in [0.25, 0.3) is 0 Å². The van der Waals surface area contributed by atoms with Crippen LogP contribution in [0, 0.1) is 5.92 Å². The predicted molar refractivity (Wildman–Crippen MR) is 138 cm³/mol. The lowest BCUT2D eigenvalue weighted by Gasteiger charge is -2.11. The molecule has 2 heterocycles. The van der Waals surface area contributed by atoms with E-state index in [2.05, 4.69) is 39.8 Å². The van der Waals surface area contributed by atoms with Crippen molar-refractivity contribution in [3.63, 3.8) is 0 Å². The van der Waals surface area contributed by atoms with Gasteiger partial charge in [-0.1, -0.05) is 26.8 Å². The second kappa shape index (κ2) is 12.7. The summed E-state index contributed by atoms with van der Waals surface area (Å²) in [5.74, 6) is -0.367. The molecule has 0 fully saturated rings. The maximum Gasteiger partial charge on any atom is 0.410 e. The van der Waals surface area contributed by atoms with Gasteiger partial charge in [0, 0.05) is 32.4 Å². The first-order valence-corrected chi connectivity index (χ1v) is 12.5. The summed E-state index contributed by atoms with van der Waals surface area (Å²) in [6.07, 6.45) is 6.48. The average Bonchev–Trinajstić information content (AvgIpc) is 3.10. The van der Waals surface area contributed by atoms with Gasteiger partial charge in [0.05, 0.1) is 7.11 Å². The Balaban J connectivity index is 2.14. The molecule has 0 bridgehead atoms. The number of halogens is 1. The second-order valence-corrected chi connectivity index (χ2v) is 10.4. The van der Waals surface area contributed by atoms with E-state index < -0.39 is 23.3 Å². The van der Waals surface area contributed by atoms with Gasteiger partial charge in [-0.2, -0.15) is 0 Å². The number of alkyl carbamates (subject to hydrolysis) is 1. The predicted octanol–water partition coefficient (Wildman–Crippen LogP) is 6.41. The molecule has 0 aliphatic heterocycles. The third-order valence-electron chi connectivity index (χ3n) is 5.02. The summed E-state index contributed by atoms with van der Waals surface area (Å²) in [5, 5.41) is 12.9. The van der Waals surface area contributed by atoms with Crippen LogP contribution >= 0.6 is 27.3 Å². The number of methoxy groups -OCH3 is 1. The van der Waals surface area contributed by atoms with Gasteiger partial charge in [-0.3, -0.25) is 10.1 Å². The zero-order valence-corrected chi connectivity index (χ0v) is 22.3. The normalized spacial score (nSPS) is 12.9. The molecule has 184 valence electrons. The van der Waals surface area contributed by atoms with Crippen LogP contribution in [0.15, 0.2) is 43.7 Å². The number of allylic oxidation sites excluding steroid dienone is 2. The fraction of sp³-hybridized carbons (Fsp3) is 0.400. The Kier molecular flexibility index (Phi) is 10.3. The number of carbonyl (C=O) groups excluding carboxylic acids is 2. The third kappa shape index (κ3) is 7.70. The van der Waals surface area contributed by atoms with E-state index in [0.717, 1.165) is 15.8 Å². The minimum absolute atomic E-state index is 0.190. The van der Waals surface area contributed by atoms with Crippen molar-refractivity contribution in [1.82, 2.24) is 5.32 Å². The first-order valence-electron chi connectivity index (χ1n) is 10.9. The summed E-state index contributed by atoms with van der Waals surface area (Å²) >= 11 is 5.14. The highest BCUT2D eigenvalue weighted by Gasteiger charge is 2.22. The van der Waals surface area contributed by atoms with Crippen LogP contribution in [-0.2, 0) is 11.2 Å². The van der Waals surface area contributed by atoms with Gasteiger partial charge >= 0.3 is 11.7 Å². The Labute approximate surface area is 211 Å². The Bertz CT molecular complexity index is 1140. The number of hydrogen-bond donors (Lipinski definition) is 2. The molecule has 2 N–H and O–H groups in total. The van der Waals surface area contributed by atoms with Crippen molar-refractivity contribution in [3.8, 4) is 5.75 Å². The first kappa shape index (κ1) is 27.6. The summed E-state index contributed by atoms with van der Waals surface area (Å²) in [6, 6.07) is 3.27. The highest BCUT2D eigenvalue weighted by atomic mass is 79.9. The Morgan fingerprint density at radius 1 is 1.29 bits per heavy atom. The molecule has 2 aromatic heterocycles. The maximum atomic E-state index is 12.9. The number of ketones is 1. The minimum Gasteiger partial charge on any atom is -0.507 e. The molecule has 0 saturated heterocycles. The van der Waals surface area contributed by atoms with E-state index in [1.807, 2.05) is 13.0 Å². The molecule has 9 heteroatoms. The monoisotopic (exact) mass is 551 g/mol. The van der Waals surface area contributed by atoms with Gasteiger partial charge < -0.3 is 14.3 Å². The Hall–Kier alpha value is -2.65. The van der Waals surface area contributed by atoms with Crippen molar-refractivity contribution >= 4 is 45.2 Å². The number of ether oxygens (including phenoxy) is 1. The lowest BCUT2D eigenvalue weighted by atomic mass is 10.00. The van der Waals surface area contributed by atoms with E-state index >= 15 is 0 Å². The van der Waals surface area contributed by atoms with E-state index in [1.165, 1.54) is 24.3 Å². The average molecular weight is 552 g/mol. The van der Waals surface area contributed by atoms with Crippen LogP contribution in [0.4, 0.5) is 4.79 Å². The summed E-state index contributed by atoms with van der Waals surface area (Å²) in [5.41, 5.74) is -0.906. The minimum atomic E-state index is -0.865. The molecule has 1 atom stereocenters. The molecule has 0 spiro atoms. The molecule has 2 rings (SSSR count). The van der Waals surface area contributed by atoms with E-state index in [1.54, 1.807) is 30.4 Å². The molecule has 34 heavy (non-hydrogen) atoms. The van der Waals surface area contributed by atoms with Crippen molar-refractivity contribution in [1.29, 1.82) is 0 Å². The number of amides is 1. The van der Waals surface area contributed by atoms with Crippen LogP contribution in [0.3, 0.4) is 0 Å². The zero-order chi connectivity index (χ0) is 25.4. The van der Waals surface area contributed by atoms with Gasteiger partial charge in [0.2, 0.25) is 0 Å². The SMILES string of the molecule is COC(=O)N/C=C/CCC(C)c1cc(O)c(C(=O)/C(C)=C/c2cc(Br)c(CC(C)C)s2)c(=O)o1. The van der Waals surface area contributed by atoms with Crippen molar-refractivity contribution in [2.75, 3.05) is 7.11 Å². The van der Waals surface area contributed by atoms with Crippen LogP contribution in [0.5, 0.6) is 5.75 Å². The number of thiophene rings is 1. The van der Waals surface area contributed by atoms with Crippen LogP contribution in [-0.4, -0.2) is 24.1 Å². The number of rotatable bonds is 10. The fourth-order valence-corrected chi connectivity index (χ4v) is 5.26. The number of Topliss-reactive ketones (excluding diaryl/α,β-unsaturated/α-hetero) is 1. The summed E-state index contributed by atoms with van der Waals surface area (Å²) in [4.78, 5) is 38.6. The van der Waals surface area contributed by atoms with Crippen LogP contribution < -0.4 is 10.9 Å². The van der Waals surface area contributed by atoms with Crippen molar-refractivity contribution in [2.45, 2.75) is 52.9 Å². The third-order valence-corrected chi connectivity index (χ3v) is 7.09. The number of hydrogen-bond acceptors (Lipinski definition) is 7. The molecule has 0 radical (unpaired) electrons. The lowest BCUT2D eigenvalue weighted by molar-refractivity contribution is 0.102. The standard InChI is InChI=1S/C25H30BrNO6S/c1-14(2)10-21-18(26)12-17(34-21)11-16(4)23(29)22-19(28)13-20(33-24(22)30)15(3)8-6-7-9-27-25(31)32-5/h7,9,11-15,28H,6,8,10H2,1-5H3,(H,27,31)/b9-7+,16-11+. The molecule has 0 aromatic carbocycles. The van der Waals surface area contributed by atoms with Gasteiger partial charge in [0.1, 0.15) is 17.1 Å². The molecule has 0 saturated carbocycles. The topological polar surface area (TPSA) is 106 Å². The van der Waals surface area contributed by atoms with Gasteiger partial charge in [-0.25, -0.2) is 9.59 Å². The van der Waals surface area contributed by atoms with Crippen molar-refractivity contribution < 1.29 is 23.8 Å². The number of nitrogens with one attached hydrogen (secondary N) is 1. The van der Waals surface area contributed by atoms with Gasteiger partial charge in [0.15, 0.2) is 5.78 Å². The molecule has 1 amide bonds. The largest absolute Gasteiger partial charge is 0.507 e. The van der Waals surface area contributed by atoms with E-state index in [9.17, 15) is 19.5 Å². The van der Waals surface area contributed by atoms with E-state index in [-0.39, 0.29) is 17.2 Å². The van der Waals surface area contributed by atoms with Crippen LogP contribution in [0.25, 0.3) is 6.08 Å². The lowest BCUT2D eigenvalue weighted by Crippen LogP contribution is -2.16. The van der Waals surface area contributed by atoms with Crippen LogP contribution in [0.1, 0.15) is 72.3 Å². The fourth-order valence-electron chi connectivity index (χ4n) is 3.19. The summed E-state index contributed by atoms with van der Waals surface area (Å²) in [6.45, 7) is 7.74. The molecular formula is C25H30BrNO6S. The maximum absolute atomic E-state index is 12.9. The smallest absolute Gasteiger partial charge is 0.410 e. The zero-order valence-electron chi connectivity index (χ0n) is 19.9. The van der Waals surface area contributed by atoms with Crippen molar-refractivity contribution in [3.05, 3.63) is 66.0 Å². The van der Waals surface area contributed by atoms with E-state index in [0.29, 0.717) is 24.3 Å². The molecule has 2 aromatic rings. The molecule has 7 nitrogen and oxygen atoms in total. The second-order valence-electron chi connectivity index (χ2n) is 8.39. The van der Waals surface area contributed by atoms with Crippen molar-refractivity contribution in [2.24, 2.45) is 5.92 Å². The Morgan fingerprint density at radius 3 is 2.62 bits per heavy atom. The Morgan fingerprint density at radius 2 is 2.00 bits per heavy atom.